The first-order valence-electron chi connectivity index (χ1n) is 6.64. The van der Waals surface area contributed by atoms with Gasteiger partial charge in [-0.05, 0) is 18.9 Å². The number of nitrogens with one attached hydrogen (secondary N) is 1. The molecule has 5 heteroatoms. The topological polar surface area (TPSA) is 69.2 Å². The van der Waals surface area contributed by atoms with Crippen LogP contribution in [0, 0.1) is 0 Å². The van der Waals surface area contributed by atoms with E-state index in [2.05, 4.69) is 10.2 Å². The smallest absolute Gasteiger partial charge is 0.274 e. The number of rotatable bonds is 4. The van der Waals surface area contributed by atoms with Gasteiger partial charge in [-0.3, -0.25) is 9.89 Å². The molecule has 5 nitrogen and oxygen atoms in total. The number of aromatic nitrogens is 2. The molecule has 0 spiro atoms. The maximum atomic E-state index is 12.0. The molecule has 0 atom stereocenters. The van der Waals surface area contributed by atoms with Gasteiger partial charge in [0, 0.05) is 25.2 Å². The maximum Gasteiger partial charge on any atom is 0.274 e. The number of amides is 1. The lowest BCUT2D eigenvalue weighted by Gasteiger charge is -2.19. The average Bonchev–Trinajstić information content (AvgIpc) is 2.89. The lowest BCUT2D eigenvalue weighted by molar-refractivity contribution is 0.0761. The zero-order valence-electron chi connectivity index (χ0n) is 10.9. The fraction of sp³-hybridized carbons (Fsp3) is 0.692. The van der Waals surface area contributed by atoms with Crippen LogP contribution in [-0.2, 0) is 0 Å². The van der Waals surface area contributed by atoms with Gasteiger partial charge >= 0.3 is 0 Å². The van der Waals surface area contributed by atoms with E-state index in [-0.39, 0.29) is 12.5 Å². The predicted molar refractivity (Wildman–Crippen MR) is 68.5 cm³/mol. The largest absolute Gasteiger partial charge is 0.395 e. The van der Waals surface area contributed by atoms with E-state index in [0.29, 0.717) is 18.2 Å². The van der Waals surface area contributed by atoms with Gasteiger partial charge < -0.3 is 10.0 Å². The Morgan fingerprint density at radius 2 is 2.22 bits per heavy atom. The lowest BCUT2D eigenvalue weighted by Crippen LogP contribution is -2.29. The summed E-state index contributed by atoms with van der Waals surface area (Å²) in [5.41, 5.74) is 1.53. The fourth-order valence-electron chi connectivity index (χ4n) is 2.52. The van der Waals surface area contributed by atoms with Crippen molar-refractivity contribution in [3.8, 4) is 0 Å². The highest BCUT2D eigenvalue weighted by Gasteiger charge is 2.20. The number of aliphatic hydroxyl groups is 1. The number of aromatic amines is 1. The summed E-state index contributed by atoms with van der Waals surface area (Å²) in [4.78, 5) is 13.4. The summed E-state index contributed by atoms with van der Waals surface area (Å²) in [5.74, 6) is 0.387. The highest BCUT2D eigenvalue weighted by atomic mass is 16.3. The SMILES string of the molecule is CN(CCO)C(=O)c1cc(C2CCCCC2)[nH]n1. The Kier molecular flexibility index (Phi) is 4.36. The molecular formula is C13H21N3O2. The number of carbonyl (C=O) groups is 1. The van der Waals surface area contributed by atoms with Crippen molar-refractivity contribution in [1.82, 2.24) is 15.1 Å². The second-order valence-corrected chi connectivity index (χ2v) is 4.99. The van der Waals surface area contributed by atoms with Crippen LogP contribution in [0.4, 0.5) is 0 Å². The van der Waals surface area contributed by atoms with Crippen LogP contribution in [0.1, 0.15) is 54.2 Å². The van der Waals surface area contributed by atoms with Gasteiger partial charge in [0.15, 0.2) is 0 Å². The van der Waals surface area contributed by atoms with E-state index < -0.39 is 0 Å². The lowest BCUT2D eigenvalue weighted by atomic mass is 9.87. The molecular weight excluding hydrogens is 230 g/mol. The molecule has 1 aliphatic carbocycles. The Balaban J connectivity index is 2.02. The molecule has 100 valence electrons. The van der Waals surface area contributed by atoms with E-state index in [0.717, 1.165) is 5.69 Å². The van der Waals surface area contributed by atoms with Gasteiger partial charge in [0.05, 0.1) is 6.61 Å². The third-order valence-electron chi connectivity index (χ3n) is 3.64. The molecule has 0 unspecified atom stereocenters. The van der Waals surface area contributed by atoms with E-state index in [1.807, 2.05) is 6.07 Å². The van der Waals surface area contributed by atoms with Crippen LogP contribution in [-0.4, -0.2) is 46.3 Å². The Morgan fingerprint density at radius 1 is 1.50 bits per heavy atom. The minimum absolute atomic E-state index is 0.0256. The number of hydrogen-bond donors (Lipinski definition) is 2. The molecule has 1 aromatic heterocycles. The fourth-order valence-corrected chi connectivity index (χ4v) is 2.52. The van der Waals surface area contributed by atoms with Crippen molar-refractivity contribution in [2.24, 2.45) is 0 Å². The summed E-state index contributed by atoms with van der Waals surface area (Å²) in [5, 5.41) is 15.9. The molecule has 0 radical (unpaired) electrons. The first kappa shape index (κ1) is 13.1. The van der Waals surface area contributed by atoms with Crippen molar-refractivity contribution >= 4 is 5.91 Å². The van der Waals surface area contributed by atoms with Crippen molar-refractivity contribution in [3.05, 3.63) is 17.5 Å². The van der Waals surface area contributed by atoms with Gasteiger partial charge in [0.1, 0.15) is 5.69 Å². The molecule has 1 amide bonds. The molecule has 1 aliphatic rings. The minimum atomic E-state index is -0.137. The number of hydrogen-bond acceptors (Lipinski definition) is 3. The normalized spacial score (nSPS) is 16.8. The van der Waals surface area contributed by atoms with Crippen LogP contribution < -0.4 is 0 Å². The van der Waals surface area contributed by atoms with Crippen molar-refractivity contribution in [3.63, 3.8) is 0 Å². The van der Waals surface area contributed by atoms with E-state index in [9.17, 15) is 4.79 Å². The summed E-state index contributed by atoms with van der Waals surface area (Å²) in [7, 11) is 1.67. The molecule has 1 saturated carbocycles. The molecule has 2 N–H and O–H groups in total. The summed E-state index contributed by atoms with van der Waals surface area (Å²) >= 11 is 0. The Hall–Kier alpha value is -1.36. The van der Waals surface area contributed by atoms with Crippen LogP contribution in [0.5, 0.6) is 0 Å². The zero-order chi connectivity index (χ0) is 13.0. The van der Waals surface area contributed by atoms with Gasteiger partial charge in [-0.1, -0.05) is 19.3 Å². The quantitative estimate of drug-likeness (QED) is 0.852. The van der Waals surface area contributed by atoms with Crippen LogP contribution >= 0.6 is 0 Å². The Bertz CT molecular complexity index is 397. The first-order valence-corrected chi connectivity index (χ1v) is 6.64. The summed E-state index contributed by atoms with van der Waals surface area (Å²) in [6, 6.07) is 1.87. The number of aliphatic hydroxyl groups excluding tert-OH is 1. The van der Waals surface area contributed by atoms with Crippen LogP contribution in [0.25, 0.3) is 0 Å². The maximum absolute atomic E-state index is 12.0. The molecule has 18 heavy (non-hydrogen) atoms. The highest BCUT2D eigenvalue weighted by Crippen LogP contribution is 2.31. The molecule has 2 rings (SSSR count). The standard InChI is InChI=1S/C13H21N3O2/c1-16(7-8-17)13(18)12-9-11(14-15-12)10-5-3-2-4-6-10/h9-10,17H,2-8H2,1H3,(H,14,15). The zero-order valence-corrected chi connectivity index (χ0v) is 10.9. The van der Waals surface area contributed by atoms with Gasteiger partial charge in [0.2, 0.25) is 0 Å². The summed E-state index contributed by atoms with van der Waals surface area (Å²) in [6.45, 7) is 0.312. The third-order valence-corrected chi connectivity index (χ3v) is 3.64. The van der Waals surface area contributed by atoms with Gasteiger partial charge in [-0.25, -0.2) is 0 Å². The van der Waals surface area contributed by atoms with E-state index >= 15 is 0 Å². The number of nitrogens with zero attached hydrogens (tertiary/aromatic N) is 2. The molecule has 1 aromatic rings. The molecule has 0 aliphatic heterocycles. The number of likely N-dealkylation sites (N-methyl/N-ethyl adjacent to an activating group) is 1. The second kappa shape index (κ2) is 6.00. The van der Waals surface area contributed by atoms with Gasteiger partial charge in [-0.2, -0.15) is 5.10 Å². The van der Waals surface area contributed by atoms with Crippen molar-refractivity contribution in [2.45, 2.75) is 38.0 Å². The van der Waals surface area contributed by atoms with Gasteiger partial charge in [-0.15, -0.1) is 0 Å². The van der Waals surface area contributed by atoms with Crippen molar-refractivity contribution in [2.75, 3.05) is 20.2 Å². The number of carbonyl (C=O) groups excluding carboxylic acids is 1. The van der Waals surface area contributed by atoms with Crippen LogP contribution in [0.3, 0.4) is 0 Å². The van der Waals surface area contributed by atoms with Crippen LogP contribution in [0.15, 0.2) is 6.07 Å². The predicted octanol–water partition coefficient (Wildman–Crippen LogP) is 1.52. The van der Waals surface area contributed by atoms with E-state index in [4.69, 9.17) is 5.11 Å². The molecule has 0 bridgehead atoms. The van der Waals surface area contributed by atoms with Crippen molar-refractivity contribution < 1.29 is 9.90 Å². The Morgan fingerprint density at radius 3 is 2.89 bits per heavy atom. The summed E-state index contributed by atoms with van der Waals surface area (Å²) < 4.78 is 0. The highest BCUT2D eigenvalue weighted by molar-refractivity contribution is 5.92. The van der Waals surface area contributed by atoms with Crippen molar-refractivity contribution in [1.29, 1.82) is 0 Å². The molecule has 0 aromatic carbocycles. The summed E-state index contributed by atoms with van der Waals surface area (Å²) in [6.07, 6.45) is 6.20. The average molecular weight is 251 g/mol. The first-order chi connectivity index (χ1) is 8.72. The minimum Gasteiger partial charge on any atom is -0.395 e. The molecule has 1 fully saturated rings. The second-order valence-electron chi connectivity index (χ2n) is 4.99. The van der Waals surface area contributed by atoms with E-state index in [1.54, 1.807) is 7.05 Å². The van der Waals surface area contributed by atoms with Crippen LogP contribution in [0.2, 0.25) is 0 Å². The molecule has 0 saturated heterocycles. The Labute approximate surface area is 107 Å². The number of H-pyrrole nitrogens is 1. The third kappa shape index (κ3) is 2.90. The molecule has 1 heterocycles. The van der Waals surface area contributed by atoms with E-state index in [1.165, 1.54) is 37.0 Å². The van der Waals surface area contributed by atoms with Gasteiger partial charge in [0.25, 0.3) is 5.91 Å². The monoisotopic (exact) mass is 251 g/mol.